The molecule has 2 rings (SSSR count). The van der Waals surface area contributed by atoms with E-state index in [0.29, 0.717) is 20.8 Å². The minimum Gasteiger partial charge on any atom is -0.488 e. The minimum atomic E-state index is -0.460. The van der Waals surface area contributed by atoms with E-state index in [-0.39, 0.29) is 18.9 Å². The van der Waals surface area contributed by atoms with Crippen molar-refractivity contribution in [1.82, 2.24) is 0 Å². The van der Waals surface area contributed by atoms with Gasteiger partial charge in [-0.05, 0) is 24.3 Å². The van der Waals surface area contributed by atoms with Crippen molar-refractivity contribution in [2.75, 3.05) is 0 Å². The van der Waals surface area contributed by atoms with E-state index in [2.05, 4.69) is 15.9 Å². The van der Waals surface area contributed by atoms with Crippen LogP contribution in [0.2, 0.25) is 5.02 Å². The van der Waals surface area contributed by atoms with Crippen LogP contribution in [0.15, 0.2) is 40.9 Å². The van der Waals surface area contributed by atoms with Gasteiger partial charge in [-0.3, -0.25) is 10.1 Å². The lowest BCUT2D eigenvalue weighted by atomic mass is 10.2. The molecule has 1 N–H and O–H groups in total. The number of hydrogen-bond acceptors (Lipinski definition) is 4. The minimum absolute atomic E-state index is 0.00756. The predicted octanol–water partition coefficient (Wildman–Crippen LogP) is 4.08. The van der Waals surface area contributed by atoms with Gasteiger partial charge in [-0.15, -0.1) is 0 Å². The van der Waals surface area contributed by atoms with Crippen LogP contribution in [0.1, 0.15) is 11.1 Å². The first-order valence-corrected chi connectivity index (χ1v) is 7.13. The topological polar surface area (TPSA) is 72.6 Å². The van der Waals surface area contributed by atoms with E-state index in [9.17, 15) is 15.2 Å². The van der Waals surface area contributed by atoms with Gasteiger partial charge in [0.1, 0.15) is 12.4 Å². The Morgan fingerprint density at radius 2 is 2.00 bits per heavy atom. The second-order valence-corrected chi connectivity index (χ2v) is 5.52. The fourth-order valence-electron chi connectivity index (χ4n) is 1.73. The first-order valence-electron chi connectivity index (χ1n) is 5.96. The summed E-state index contributed by atoms with van der Waals surface area (Å²) in [7, 11) is 0. The van der Waals surface area contributed by atoms with Crippen LogP contribution in [0, 0.1) is 10.1 Å². The van der Waals surface area contributed by atoms with Crippen molar-refractivity contribution in [3.05, 3.63) is 67.1 Å². The smallest absolute Gasteiger partial charge is 0.270 e. The molecule has 0 atom stereocenters. The van der Waals surface area contributed by atoms with Crippen molar-refractivity contribution in [2.45, 2.75) is 13.2 Å². The fourth-order valence-corrected chi connectivity index (χ4v) is 2.41. The van der Waals surface area contributed by atoms with Gasteiger partial charge in [0.2, 0.25) is 0 Å². The standard InChI is InChI=1S/C14H11BrClNO4/c15-13-6-12(17(19)20)3-1-9(13)8-21-14-4-2-11(16)5-10(14)7-18/h1-6,18H,7-8H2. The van der Waals surface area contributed by atoms with Crippen LogP contribution in [0.5, 0.6) is 5.75 Å². The second kappa shape index (κ2) is 6.89. The molecule has 21 heavy (non-hydrogen) atoms. The zero-order valence-corrected chi connectivity index (χ0v) is 13.1. The summed E-state index contributed by atoms with van der Waals surface area (Å²) in [6.07, 6.45) is 0. The lowest BCUT2D eigenvalue weighted by Crippen LogP contribution is -2.00. The number of ether oxygens (including phenoxy) is 1. The second-order valence-electron chi connectivity index (χ2n) is 4.23. The van der Waals surface area contributed by atoms with E-state index < -0.39 is 4.92 Å². The van der Waals surface area contributed by atoms with Crippen LogP contribution < -0.4 is 4.74 Å². The molecule has 0 aliphatic carbocycles. The zero-order valence-electron chi connectivity index (χ0n) is 10.8. The molecule has 0 bridgehead atoms. The van der Waals surface area contributed by atoms with Gasteiger partial charge >= 0.3 is 0 Å². The third kappa shape index (κ3) is 3.93. The number of aliphatic hydroxyl groups excluding tert-OH is 1. The van der Waals surface area contributed by atoms with Crippen molar-refractivity contribution in [2.24, 2.45) is 0 Å². The summed E-state index contributed by atoms with van der Waals surface area (Å²) in [4.78, 5) is 10.2. The van der Waals surface area contributed by atoms with Crippen LogP contribution >= 0.6 is 27.5 Å². The molecular weight excluding hydrogens is 362 g/mol. The van der Waals surface area contributed by atoms with Gasteiger partial charge in [0, 0.05) is 32.8 Å². The number of nitro groups is 1. The number of non-ortho nitro benzene ring substituents is 1. The summed E-state index contributed by atoms with van der Waals surface area (Å²) in [6.45, 7) is 0.0323. The highest BCUT2D eigenvalue weighted by Crippen LogP contribution is 2.27. The molecule has 110 valence electrons. The molecule has 0 aromatic heterocycles. The molecule has 0 fully saturated rings. The molecule has 0 saturated heterocycles. The van der Waals surface area contributed by atoms with Gasteiger partial charge in [-0.2, -0.15) is 0 Å². The van der Waals surface area contributed by atoms with Gasteiger partial charge in [0.15, 0.2) is 0 Å². The summed E-state index contributed by atoms with van der Waals surface area (Å²) in [5, 5.41) is 20.5. The largest absolute Gasteiger partial charge is 0.488 e. The Kier molecular flexibility index (Phi) is 5.17. The maximum atomic E-state index is 10.7. The predicted molar refractivity (Wildman–Crippen MR) is 82.5 cm³/mol. The van der Waals surface area contributed by atoms with E-state index in [4.69, 9.17) is 16.3 Å². The third-order valence-corrected chi connectivity index (χ3v) is 3.80. The van der Waals surface area contributed by atoms with Gasteiger partial charge in [0.25, 0.3) is 5.69 Å². The van der Waals surface area contributed by atoms with E-state index in [1.807, 2.05) is 0 Å². The molecule has 2 aromatic carbocycles. The van der Waals surface area contributed by atoms with Gasteiger partial charge in [-0.25, -0.2) is 0 Å². The van der Waals surface area contributed by atoms with Crippen LogP contribution in [0.4, 0.5) is 5.69 Å². The number of nitro benzene ring substituents is 1. The molecule has 7 heteroatoms. The molecule has 0 aliphatic heterocycles. The van der Waals surface area contributed by atoms with E-state index in [1.165, 1.54) is 12.1 Å². The average molecular weight is 373 g/mol. The monoisotopic (exact) mass is 371 g/mol. The molecule has 2 aromatic rings. The van der Waals surface area contributed by atoms with Gasteiger partial charge < -0.3 is 9.84 Å². The number of aliphatic hydroxyl groups is 1. The van der Waals surface area contributed by atoms with Crippen LogP contribution in [-0.4, -0.2) is 10.0 Å². The van der Waals surface area contributed by atoms with Crippen LogP contribution in [0.3, 0.4) is 0 Å². The van der Waals surface area contributed by atoms with Gasteiger partial charge in [-0.1, -0.05) is 27.5 Å². The number of benzene rings is 2. The lowest BCUT2D eigenvalue weighted by molar-refractivity contribution is -0.384. The Morgan fingerprint density at radius 1 is 1.24 bits per heavy atom. The van der Waals surface area contributed by atoms with Crippen LogP contribution in [-0.2, 0) is 13.2 Å². The number of halogens is 2. The maximum Gasteiger partial charge on any atom is 0.270 e. The Labute approximate surface area is 134 Å². The lowest BCUT2D eigenvalue weighted by Gasteiger charge is -2.11. The van der Waals surface area contributed by atoms with Crippen LogP contribution in [0.25, 0.3) is 0 Å². The summed E-state index contributed by atoms with van der Waals surface area (Å²) in [5.41, 5.74) is 1.35. The molecule has 0 spiro atoms. The summed E-state index contributed by atoms with van der Waals surface area (Å²) in [6, 6.07) is 9.43. The summed E-state index contributed by atoms with van der Waals surface area (Å²) < 4.78 is 6.23. The highest BCUT2D eigenvalue weighted by atomic mass is 79.9. The number of nitrogens with zero attached hydrogens (tertiary/aromatic N) is 1. The maximum absolute atomic E-state index is 10.7. The summed E-state index contributed by atoms with van der Waals surface area (Å²) >= 11 is 9.13. The Bertz CT molecular complexity index is 678. The molecule has 0 saturated carbocycles. The molecule has 0 amide bonds. The highest BCUT2D eigenvalue weighted by Gasteiger charge is 2.10. The van der Waals surface area contributed by atoms with E-state index in [1.54, 1.807) is 24.3 Å². The van der Waals surface area contributed by atoms with Gasteiger partial charge in [0.05, 0.1) is 11.5 Å². The Balaban J connectivity index is 2.15. The first-order chi connectivity index (χ1) is 10.0. The van der Waals surface area contributed by atoms with E-state index in [0.717, 1.165) is 5.56 Å². The molecule has 0 unspecified atom stereocenters. The van der Waals surface area contributed by atoms with Crippen molar-refractivity contribution >= 4 is 33.2 Å². The molecule has 0 radical (unpaired) electrons. The average Bonchev–Trinajstić information content (AvgIpc) is 2.46. The molecule has 0 heterocycles. The quantitative estimate of drug-likeness (QED) is 0.634. The molecule has 5 nitrogen and oxygen atoms in total. The zero-order chi connectivity index (χ0) is 15.4. The molecular formula is C14H11BrClNO4. The highest BCUT2D eigenvalue weighted by molar-refractivity contribution is 9.10. The fraction of sp³-hybridized carbons (Fsp3) is 0.143. The van der Waals surface area contributed by atoms with Crippen molar-refractivity contribution < 1.29 is 14.8 Å². The van der Waals surface area contributed by atoms with Crippen molar-refractivity contribution in [3.63, 3.8) is 0 Å². The first kappa shape index (κ1) is 15.8. The number of hydrogen-bond donors (Lipinski definition) is 1. The van der Waals surface area contributed by atoms with E-state index >= 15 is 0 Å². The number of rotatable bonds is 5. The van der Waals surface area contributed by atoms with Crippen molar-refractivity contribution in [1.29, 1.82) is 0 Å². The van der Waals surface area contributed by atoms with Crippen molar-refractivity contribution in [3.8, 4) is 5.75 Å². The SMILES string of the molecule is O=[N+]([O-])c1ccc(COc2ccc(Cl)cc2CO)c(Br)c1. The Hall–Kier alpha value is -1.63. The normalized spacial score (nSPS) is 10.4. The third-order valence-electron chi connectivity index (χ3n) is 2.82. The molecule has 0 aliphatic rings. The summed E-state index contributed by atoms with van der Waals surface area (Å²) in [5.74, 6) is 0.521. The Morgan fingerprint density at radius 3 is 2.62 bits per heavy atom.